The first-order chi connectivity index (χ1) is 16.7. The molecule has 36 heavy (non-hydrogen) atoms. The molecule has 1 atom stereocenters. The number of hydrogen-bond acceptors (Lipinski definition) is 8. The van der Waals surface area contributed by atoms with Crippen LogP contribution in [0.5, 0.6) is 11.5 Å². The van der Waals surface area contributed by atoms with Crippen molar-refractivity contribution in [2.24, 2.45) is 10.8 Å². The number of carbonyl (C=O) groups is 4. The van der Waals surface area contributed by atoms with E-state index in [4.69, 9.17) is 18.9 Å². The molecule has 1 aliphatic carbocycles. The maximum absolute atomic E-state index is 12.6. The van der Waals surface area contributed by atoms with Crippen LogP contribution in [-0.4, -0.2) is 37.1 Å². The molecule has 1 aromatic rings. The van der Waals surface area contributed by atoms with E-state index in [1.54, 1.807) is 6.07 Å². The fourth-order valence-electron chi connectivity index (χ4n) is 4.46. The molecule has 1 saturated carbocycles. The zero-order valence-electron chi connectivity index (χ0n) is 21.8. The molecule has 0 saturated heterocycles. The SMILES string of the molecule is C=CC(=O)OCCC(=O)Oc1ccc(C2(CC(C)(C)C)CC2(C)C)c(OC(=O)CCOC(=O)C=C)c1. The molecule has 1 fully saturated rings. The van der Waals surface area contributed by atoms with Crippen molar-refractivity contribution in [1.82, 2.24) is 0 Å². The Morgan fingerprint density at radius 1 is 0.917 bits per heavy atom. The Labute approximate surface area is 212 Å². The topological polar surface area (TPSA) is 105 Å². The number of ether oxygens (including phenoxy) is 4. The number of rotatable bonds is 12. The summed E-state index contributed by atoms with van der Waals surface area (Å²) in [5, 5.41) is 0. The van der Waals surface area contributed by atoms with E-state index in [-0.39, 0.29) is 48.0 Å². The third-order valence-electron chi connectivity index (χ3n) is 6.10. The molecule has 2 rings (SSSR count). The quantitative estimate of drug-likeness (QED) is 0.228. The van der Waals surface area contributed by atoms with Gasteiger partial charge in [-0.1, -0.05) is 53.8 Å². The van der Waals surface area contributed by atoms with Crippen molar-refractivity contribution in [1.29, 1.82) is 0 Å². The van der Waals surface area contributed by atoms with Crippen LogP contribution in [0.4, 0.5) is 0 Å². The Hall–Kier alpha value is -3.42. The zero-order valence-corrected chi connectivity index (χ0v) is 21.8. The molecular weight excluding hydrogens is 464 g/mol. The molecule has 0 heterocycles. The van der Waals surface area contributed by atoms with Crippen LogP contribution in [0.25, 0.3) is 0 Å². The molecule has 0 amide bonds. The van der Waals surface area contributed by atoms with Crippen LogP contribution in [0.15, 0.2) is 43.5 Å². The van der Waals surface area contributed by atoms with Gasteiger partial charge in [0.15, 0.2) is 0 Å². The van der Waals surface area contributed by atoms with Crippen molar-refractivity contribution >= 4 is 23.9 Å². The highest BCUT2D eigenvalue weighted by molar-refractivity contribution is 5.82. The van der Waals surface area contributed by atoms with Crippen LogP contribution in [-0.2, 0) is 34.1 Å². The normalized spacial score (nSPS) is 17.9. The average molecular weight is 501 g/mol. The van der Waals surface area contributed by atoms with Gasteiger partial charge in [0.25, 0.3) is 0 Å². The van der Waals surface area contributed by atoms with Crippen molar-refractivity contribution < 1.29 is 38.1 Å². The Balaban J connectivity index is 2.27. The first kappa shape index (κ1) is 28.8. The largest absolute Gasteiger partial charge is 0.462 e. The second-order valence-electron chi connectivity index (χ2n) is 10.7. The fraction of sp³-hybridized carbons (Fsp3) is 0.500. The monoisotopic (exact) mass is 500 g/mol. The van der Waals surface area contributed by atoms with E-state index in [0.717, 1.165) is 30.6 Å². The smallest absolute Gasteiger partial charge is 0.330 e. The second kappa shape index (κ2) is 11.5. The van der Waals surface area contributed by atoms with Gasteiger partial charge in [-0.3, -0.25) is 9.59 Å². The average Bonchev–Trinajstić information content (AvgIpc) is 3.31. The molecule has 1 unspecified atom stereocenters. The molecule has 8 heteroatoms. The molecule has 1 aromatic carbocycles. The highest BCUT2D eigenvalue weighted by Crippen LogP contribution is 2.69. The van der Waals surface area contributed by atoms with Crippen LogP contribution >= 0.6 is 0 Å². The van der Waals surface area contributed by atoms with E-state index >= 15 is 0 Å². The minimum Gasteiger partial charge on any atom is -0.462 e. The van der Waals surface area contributed by atoms with E-state index < -0.39 is 23.9 Å². The van der Waals surface area contributed by atoms with E-state index in [9.17, 15) is 19.2 Å². The van der Waals surface area contributed by atoms with E-state index in [0.29, 0.717) is 5.75 Å². The molecule has 8 nitrogen and oxygen atoms in total. The molecule has 0 N–H and O–H groups in total. The Kier molecular flexibility index (Phi) is 9.24. The Bertz CT molecular complexity index is 1030. The first-order valence-corrected chi connectivity index (χ1v) is 11.9. The maximum atomic E-state index is 12.6. The van der Waals surface area contributed by atoms with Gasteiger partial charge < -0.3 is 18.9 Å². The molecule has 1 aliphatic rings. The molecule has 0 aromatic heterocycles. The van der Waals surface area contributed by atoms with E-state index in [2.05, 4.69) is 47.8 Å². The standard InChI is InChI=1S/C28H36O8/c1-8-22(29)33-14-12-24(31)35-19-10-11-20(28(17-26(3,4)5)18-27(28,6)7)21(16-19)36-25(32)13-15-34-23(30)9-2/h8-11,16H,1-2,12-15,17-18H2,3-7H3. The Morgan fingerprint density at radius 2 is 1.42 bits per heavy atom. The van der Waals surface area contributed by atoms with Gasteiger partial charge >= 0.3 is 23.9 Å². The summed E-state index contributed by atoms with van der Waals surface area (Å²) in [6.07, 6.45) is 3.51. The minimum absolute atomic E-state index is 0.0158. The van der Waals surface area contributed by atoms with Crippen LogP contribution in [0.2, 0.25) is 0 Å². The van der Waals surface area contributed by atoms with E-state index in [1.807, 2.05) is 6.07 Å². The molecule has 0 aliphatic heterocycles. The first-order valence-electron chi connectivity index (χ1n) is 11.9. The third-order valence-corrected chi connectivity index (χ3v) is 6.10. The van der Waals surface area contributed by atoms with Gasteiger partial charge in [-0.15, -0.1) is 0 Å². The maximum Gasteiger partial charge on any atom is 0.330 e. The summed E-state index contributed by atoms with van der Waals surface area (Å²) in [5.41, 5.74) is 0.631. The molecule has 0 bridgehead atoms. The van der Waals surface area contributed by atoms with Gasteiger partial charge in [0.2, 0.25) is 0 Å². The summed E-state index contributed by atoms with van der Waals surface area (Å²) < 4.78 is 20.8. The number of hydrogen-bond donors (Lipinski definition) is 0. The summed E-state index contributed by atoms with van der Waals surface area (Å²) in [6, 6.07) is 5.03. The predicted octanol–water partition coefficient (Wildman–Crippen LogP) is 4.84. The van der Waals surface area contributed by atoms with Gasteiger partial charge in [-0.25, -0.2) is 9.59 Å². The van der Waals surface area contributed by atoms with E-state index in [1.165, 1.54) is 6.07 Å². The summed E-state index contributed by atoms with van der Waals surface area (Å²) in [5.74, 6) is -1.95. The number of esters is 4. The Morgan fingerprint density at radius 3 is 1.86 bits per heavy atom. The van der Waals surface area contributed by atoms with Crippen molar-refractivity contribution in [2.45, 2.75) is 65.7 Å². The van der Waals surface area contributed by atoms with Crippen LogP contribution in [0.1, 0.15) is 65.9 Å². The lowest BCUT2D eigenvalue weighted by molar-refractivity contribution is -0.143. The van der Waals surface area contributed by atoms with Gasteiger partial charge in [0.05, 0.1) is 12.8 Å². The van der Waals surface area contributed by atoms with Gasteiger partial charge in [-0.05, 0) is 29.7 Å². The minimum atomic E-state index is -0.628. The van der Waals surface area contributed by atoms with Crippen LogP contribution < -0.4 is 9.47 Å². The molecule has 196 valence electrons. The lowest BCUT2D eigenvalue weighted by Gasteiger charge is -2.31. The summed E-state index contributed by atoms with van der Waals surface area (Å²) in [6.45, 7) is 17.2. The lowest BCUT2D eigenvalue weighted by atomic mass is 9.75. The number of benzene rings is 1. The van der Waals surface area contributed by atoms with Gasteiger partial charge in [0, 0.05) is 29.2 Å². The highest BCUT2D eigenvalue weighted by atomic mass is 16.6. The van der Waals surface area contributed by atoms with Crippen LogP contribution in [0.3, 0.4) is 0 Å². The van der Waals surface area contributed by atoms with Crippen LogP contribution in [0, 0.1) is 10.8 Å². The van der Waals surface area contributed by atoms with Crippen molar-refractivity contribution in [2.75, 3.05) is 13.2 Å². The molecule has 0 radical (unpaired) electrons. The lowest BCUT2D eigenvalue weighted by Crippen LogP contribution is -2.24. The van der Waals surface area contributed by atoms with Crippen molar-refractivity contribution in [3.8, 4) is 11.5 Å². The molecular formula is C28H36O8. The summed E-state index contributed by atoms with van der Waals surface area (Å²) >= 11 is 0. The van der Waals surface area contributed by atoms with Crippen molar-refractivity contribution in [3.05, 3.63) is 49.1 Å². The predicted molar refractivity (Wildman–Crippen MR) is 133 cm³/mol. The summed E-state index contributed by atoms with van der Waals surface area (Å²) in [4.78, 5) is 47.2. The zero-order chi connectivity index (χ0) is 27.1. The summed E-state index contributed by atoms with van der Waals surface area (Å²) in [7, 11) is 0. The number of carbonyl (C=O) groups excluding carboxylic acids is 4. The fourth-order valence-corrected chi connectivity index (χ4v) is 4.46. The third kappa shape index (κ3) is 7.80. The van der Waals surface area contributed by atoms with Gasteiger partial charge in [-0.2, -0.15) is 0 Å². The highest BCUT2D eigenvalue weighted by Gasteiger charge is 2.63. The van der Waals surface area contributed by atoms with Crippen molar-refractivity contribution in [3.63, 3.8) is 0 Å². The second-order valence-corrected chi connectivity index (χ2v) is 10.7. The van der Waals surface area contributed by atoms with Gasteiger partial charge in [0.1, 0.15) is 24.7 Å². The molecule has 0 spiro atoms.